The summed E-state index contributed by atoms with van der Waals surface area (Å²) < 4.78 is 7.33. The molecule has 0 bridgehead atoms. The van der Waals surface area contributed by atoms with Gasteiger partial charge in [0.05, 0.1) is 0 Å². The van der Waals surface area contributed by atoms with Crippen LogP contribution in [0.1, 0.15) is 37.8 Å². The molecule has 0 aliphatic carbocycles. The summed E-state index contributed by atoms with van der Waals surface area (Å²) in [7, 11) is 1.96. The van der Waals surface area contributed by atoms with E-state index in [2.05, 4.69) is 32.1 Å². The van der Waals surface area contributed by atoms with Crippen molar-refractivity contribution >= 4 is 41.7 Å². The fourth-order valence-electron chi connectivity index (χ4n) is 2.02. The summed E-state index contributed by atoms with van der Waals surface area (Å²) in [5.74, 6) is 3.80. The van der Waals surface area contributed by atoms with Crippen molar-refractivity contribution in [2.24, 2.45) is 12.0 Å². The predicted octanol–water partition coefficient (Wildman–Crippen LogP) is 2.35. The molecule has 0 saturated carbocycles. The van der Waals surface area contributed by atoms with E-state index in [9.17, 15) is 0 Å². The van der Waals surface area contributed by atoms with Crippen LogP contribution in [0.3, 0.4) is 0 Å². The molecule has 0 aliphatic heterocycles. The number of unbranched alkanes of at least 4 members (excludes halogenated alkanes) is 1. The number of nitrogens with zero attached hydrogens (tertiary/aromatic N) is 4. The number of hydrogen-bond acceptors (Lipinski definition) is 5. The van der Waals surface area contributed by atoms with Gasteiger partial charge in [0.15, 0.2) is 11.8 Å². The van der Waals surface area contributed by atoms with Crippen LogP contribution in [0.25, 0.3) is 0 Å². The maximum Gasteiger partial charge on any atom is 0.191 e. The van der Waals surface area contributed by atoms with Crippen LogP contribution in [0.4, 0.5) is 0 Å². The highest BCUT2D eigenvalue weighted by Crippen LogP contribution is 2.00. The number of hydrogen-bond donors (Lipinski definition) is 2. The molecule has 0 fully saturated rings. The van der Waals surface area contributed by atoms with Crippen molar-refractivity contribution in [3.05, 3.63) is 11.6 Å². The topological polar surface area (TPSA) is 76.4 Å². The molecule has 146 valence electrons. The van der Waals surface area contributed by atoms with Crippen LogP contribution in [0.2, 0.25) is 0 Å². The van der Waals surface area contributed by atoms with Gasteiger partial charge in [-0.15, -0.1) is 34.2 Å². The molecule has 25 heavy (non-hydrogen) atoms. The second kappa shape index (κ2) is 15.7. The van der Waals surface area contributed by atoms with E-state index in [1.165, 1.54) is 12.2 Å². The molecule has 0 aliphatic rings. The van der Waals surface area contributed by atoms with Gasteiger partial charge in [-0.2, -0.15) is 11.8 Å². The van der Waals surface area contributed by atoms with Gasteiger partial charge in [0, 0.05) is 33.4 Å². The minimum Gasteiger partial charge on any atom is -0.382 e. The molecule has 0 amide bonds. The van der Waals surface area contributed by atoms with E-state index in [4.69, 9.17) is 4.74 Å². The summed E-state index contributed by atoms with van der Waals surface area (Å²) in [6, 6.07) is 0. The second-order valence-corrected chi connectivity index (χ2v) is 6.48. The largest absolute Gasteiger partial charge is 0.382 e. The number of nitrogens with one attached hydrogen (secondary N) is 2. The Morgan fingerprint density at radius 1 is 1.20 bits per heavy atom. The molecule has 0 radical (unpaired) electrons. The highest BCUT2D eigenvalue weighted by molar-refractivity contribution is 14.0. The number of aliphatic imine (C=N–C) groups is 1. The first-order valence-electron chi connectivity index (χ1n) is 8.62. The maximum absolute atomic E-state index is 5.36. The van der Waals surface area contributed by atoms with E-state index >= 15 is 0 Å². The first-order chi connectivity index (χ1) is 11.7. The van der Waals surface area contributed by atoms with Crippen molar-refractivity contribution in [2.45, 2.75) is 39.7 Å². The van der Waals surface area contributed by atoms with Crippen LogP contribution >= 0.6 is 35.7 Å². The quantitative estimate of drug-likeness (QED) is 0.205. The standard InChI is InChI=1S/C16H32N6OS.HI/c1-5-23-11-8-10-18-16(17-9-6-7-12-24-4)19-13-15-21-20-14(2)22(15)3;/h5-13H2,1-4H3,(H2,17,18,19);1H. The molecule has 0 atom stereocenters. The van der Waals surface area contributed by atoms with Crippen LogP contribution < -0.4 is 10.6 Å². The van der Waals surface area contributed by atoms with Crippen molar-refractivity contribution in [2.75, 3.05) is 38.3 Å². The summed E-state index contributed by atoms with van der Waals surface area (Å²) in [6.45, 7) is 7.77. The summed E-state index contributed by atoms with van der Waals surface area (Å²) in [5, 5.41) is 15.0. The average molecular weight is 484 g/mol. The first kappa shape index (κ1) is 24.5. The number of aromatic nitrogens is 3. The highest BCUT2D eigenvalue weighted by Gasteiger charge is 2.05. The third-order valence-corrected chi connectivity index (χ3v) is 4.29. The minimum absolute atomic E-state index is 0. The minimum atomic E-state index is 0. The number of aryl methyl sites for hydroxylation is 1. The Morgan fingerprint density at radius 3 is 2.52 bits per heavy atom. The van der Waals surface area contributed by atoms with Crippen molar-refractivity contribution < 1.29 is 4.74 Å². The maximum atomic E-state index is 5.36. The molecular formula is C16H33IN6OS. The number of ether oxygens (including phenoxy) is 1. The summed E-state index contributed by atoms with van der Waals surface area (Å²) in [6.07, 6.45) is 5.46. The molecule has 0 saturated heterocycles. The normalized spacial score (nSPS) is 11.3. The first-order valence-corrected chi connectivity index (χ1v) is 10.0. The fraction of sp³-hybridized carbons (Fsp3) is 0.812. The van der Waals surface area contributed by atoms with E-state index in [0.717, 1.165) is 56.8 Å². The molecule has 7 nitrogen and oxygen atoms in total. The lowest BCUT2D eigenvalue weighted by Crippen LogP contribution is -2.38. The van der Waals surface area contributed by atoms with Crippen molar-refractivity contribution in [1.82, 2.24) is 25.4 Å². The van der Waals surface area contributed by atoms with Gasteiger partial charge in [0.1, 0.15) is 12.4 Å². The number of rotatable bonds is 12. The van der Waals surface area contributed by atoms with Crippen LogP contribution in [0.5, 0.6) is 0 Å². The molecule has 9 heteroatoms. The summed E-state index contributed by atoms with van der Waals surface area (Å²) in [4.78, 5) is 4.63. The second-order valence-electron chi connectivity index (χ2n) is 5.49. The predicted molar refractivity (Wildman–Crippen MR) is 117 cm³/mol. The van der Waals surface area contributed by atoms with Gasteiger partial charge in [-0.25, -0.2) is 4.99 Å². The van der Waals surface area contributed by atoms with Gasteiger partial charge >= 0.3 is 0 Å². The van der Waals surface area contributed by atoms with E-state index in [-0.39, 0.29) is 24.0 Å². The SMILES string of the molecule is CCOCCCNC(=NCc1nnc(C)n1C)NCCCCSC.I. The zero-order chi connectivity index (χ0) is 17.6. The van der Waals surface area contributed by atoms with Crippen LogP contribution in [0, 0.1) is 6.92 Å². The lowest BCUT2D eigenvalue weighted by molar-refractivity contribution is 0.145. The van der Waals surface area contributed by atoms with Crippen molar-refractivity contribution in [3.8, 4) is 0 Å². The van der Waals surface area contributed by atoms with E-state index in [0.29, 0.717) is 6.54 Å². The third kappa shape index (κ3) is 10.9. The molecule has 2 N–H and O–H groups in total. The molecule has 1 aromatic heterocycles. The highest BCUT2D eigenvalue weighted by atomic mass is 127. The smallest absolute Gasteiger partial charge is 0.191 e. The van der Waals surface area contributed by atoms with Gasteiger partial charge in [0.2, 0.25) is 0 Å². The molecule has 1 aromatic rings. The Bertz CT molecular complexity index is 467. The van der Waals surface area contributed by atoms with Gasteiger partial charge in [-0.1, -0.05) is 0 Å². The van der Waals surface area contributed by atoms with Gasteiger partial charge < -0.3 is 19.9 Å². The molecule has 1 heterocycles. The van der Waals surface area contributed by atoms with Crippen LogP contribution in [-0.4, -0.2) is 59.0 Å². The monoisotopic (exact) mass is 484 g/mol. The fourth-order valence-corrected chi connectivity index (χ4v) is 2.51. The average Bonchev–Trinajstić information content (AvgIpc) is 2.90. The Labute approximate surface area is 173 Å². The molecule has 0 aromatic carbocycles. The van der Waals surface area contributed by atoms with Gasteiger partial charge in [0.25, 0.3) is 0 Å². The Hall–Kier alpha value is -0.550. The summed E-state index contributed by atoms with van der Waals surface area (Å²) >= 11 is 1.89. The zero-order valence-electron chi connectivity index (χ0n) is 15.9. The molecular weight excluding hydrogens is 451 g/mol. The van der Waals surface area contributed by atoms with E-state index in [1.807, 2.05) is 37.2 Å². The molecule has 0 spiro atoms. The van der Waals surface area contributed by atoms with Crippen LogP contribution in [-0.2, 0) is 18.3 Å². The van der Waals surface area contributed by atoms with Crippen molar-refractivity contribution in [1.29, 1.82) is 0 Å². The van der Waals surface area contributed by atoms with Crippen LogP contribution in [0.15, 0.2) is 4.99 Å². The number of halogens is 1. The van der Waals surface area contributed by atoms with E-state index in [1.54, 1.807) is 0 Å². The number of thioether (sulfide) groups is 1. The molecule has 1 rings (SSSR count). The Morgan fingerprint density at radius 2 is 1.92 bits per heavy atom. The number of guanidine groups is 1. The Kier molecular flexibility index (Phi) is 15.3. The Balaban J connectivity index is 0.00000576. The third-order valence-electron chi connectivity index (χ3n) is 3.59. The van der Waals surface area contributed by atoms with Gasteiger partial charge in [-0.3, -0.25) is 0 Å². The molecule has 0 unspecified atom stereocenters. The van der Waals surface area contributed by atoms with Gasteiger partial charge in [-0.05, 0) is 45.1 Å². The lowest BCUT2D eigenvalue weighted by atomic mass is 10.3. The zero-order valence-corrected chi connectivity index (χ0v) is 19.0. The van der Waals surface area contributed by atoms with E-state index < -0.39 is 0 Å². The summed E-state index contributed by atoms with van der Waals surface area (Å²) in [5.41, 5.74) is 0. The van der Waals surface area contributed by atoms with Crippen molar-refractivity contribution in [3.63, 3.8) is 0 Å². The lowest BCUT2D eigenvalue weighted by Gasteiger charge is -2.12.